The average Bonchev–Trinajstić information content (AvgIpc) is 3.10. The van der Waals surface area contributed by atoms with E-state index in [2.05, 4.69) is 16.7 Å². The predicted octanol–water partition coefficient (Wildman–Crippen LogP) is 5.13. The third-order valence-electron chi connectivity index (χ3n) is 3.87. The minimum Gasteiger partial charge on any atom is -0.464 e. The van der Waals surface area contributed by atoms with Gasteiger partial charge in [0.1, 0.15) is 23.0 Å². The van der Waals surface area contributed by atoms with Crippen molar-refractivity contribution in [1.82, 2.24) is 5.32 Å². The number of amides is 2. The van der Waals surface area contributed by atoms with Crippen LogP contribution in [0.4, 0.5) is 10.5 Å². The van der Waals surface area contributed by atoms with Crippen LogP contribution >= 0.6 is 0 Å². The summed E-state index contributed by atoms with van der Waals surface area (Å²) in [5.41, 5.74) is 1.22. The van der Waals surface area contributed by atoms with Gasteiger partial charge in [-0.1, -0.05) is 0 Å². The molecule has 0 aliphatic carbocycles. The van der Waals surface area contributed by atoms with Crippen molar-refractivity contribution in [2.75, 3.05) is 5.32 Å². The minimum absolute atomic E-state index is 0.238. The van der Waals surface area contributed by atoms with Crippen LogP contribution in [0.2, 0.25) is 0 Å². The van der Waals surface area contributed by atoms with Crippen LogP contribution in [0.1, 0.15) is 30.0 Å². The van der Waals surface area contributed by atoms with Gasteiger partial charge in [0.15, 0.2) is 0 Å². The molecule has 2 aromatic carbocycles. The van der Waals surface area contributed by atoms with Gasteiger partial charge in [0.2, 0.25) is 0 Å². The van der Waals surface area contributed by atoms with Gasteiger partial charge in [-0.2, -0.15) is 5.26 Å². The second kappa shape index (κ2) is 8.11. The van der Waals surface area contributed by atoms with Crippen molar-refractivity contribution in [1.29, 1.82) is 5.26 Å². The molecule has 0 fully saturated rings. The van der Waals surface area contributed by atoms with Gasteiger partial charge in [-0.05, 0) is 74.5 Å². The number of hydrogen-bond donors (Lipinski definition) is 2. The predicted molar refractivity (Wildman–Crippen MR) is 102 cm³/mol. The molecule has 0 saturated heterocycles. The van der Waals surface area contributed by atoms with Crippen molar-refractivity contribution in [3.05, 3.63) is 77.7 Å². The Morgan fingerprint density at radius 1 is 1.04 bits per heavy atom. The highest BCUT2D eigenvalue weighted by molar-refractivity contribution is 5.89. The number of hydrogen-bond acceptors (Lipinski definition) is 4. The molecule has 1 heterocycles. The van der Waals surface area contributed by atoms with Crippen LogP contribution < -0.4 is 15.4 Å². The third kappa shape index (κ3) is 4.89. The second-order valence-corrected chi connectivity index (χ2v) is 6.03. The first-order chi connectivity index (χ1) is 13.0. The Morgan fingerprint density at radius 2 is 1.67 bits per heavy atom. The number of nitriles is 1. The van der Waals surface area contributed by atoms with Crippen molar-refractivity contribution in [2.24, 2.45) is 0 Å². The molecule has 3 rings (SSSR count). The Hall–Kier alpha value is -3.72. The fraction of sp³-hybridized carbons (Fsp3) is 0.143. The molecule has 0 aliphatic heterocycles. The number of ether oxygens (including phenoxy) is 1. The van der Waals surface area contributed by atoms with Gasteiger partial charge in [0.25, 0.3) is 0 Å². The molecule has 0 radical (unpaired) electrons. The summed E-state index contributed by atoms with van der Waals surface area (Å²) in [5, 5.41) is 14.4. The summed E-state index contributed by atoms with van der Waals surface area (Å²) < 4.78 is 11.2. The minimum atomic E-state index is -0.322. The number of rotatable bonds is 5. The molecule has 1 atom stereocenters. The van der Waals surface area contributed by atoms with E-state index in [9.17, 15) is 4.79 Å². The highest BCUT2D eigenvalue weighted by Gasteiger charge is 2.12. The molecule has 0 saturated carbocycles. The first kappa shape index (κ1) is 18.1. The zero-order valence-electron chi connectivity index (χ0n) is 15.0. The zero-order valence-corrected chi connectivity index (χ0v) is 15.0. The molecule has 1 aromatic heterocycles. The Bertz CT molecular complexity index is 954. The number of carbonyl (C=O) groups excluding carboxylic acids is 1. The summed E-state index contributed by atoms with van der Waals surface area (Å²) in [7, 11) is 0. The van der Waals surface area contributed by atoms with Gasteiger partial charge >= 0.3 is 6.03 Å². The number of furan rings is 1. The summed E-state index contributed by atoms with van der Waals surface area (Å²) in [6.07, 6.45) is 0. The van der Waals surface area contributed by atoms with Gasteiger partial charge in [0.05, 0.1) is 17.7 Å². The molecule has 1 unspecified atom stereocenters. The van der Waals surface area contributed by atoms with Crippen molar-refractivity contribution in [3.63, 3.8) is 0 Å². The van der Waals surface area contributed by atoms with E-state index in [1.165, 1.54) is 0 Å². The van der Waals surface area contributed by atoms with Crippen LogP contribution in [0.3, 0.4) is 0 Å². The lowest BCUT2D eigenvalue weighted by Gasteiger charge is -2.13. The Labute approximate surface area is 157 Å². The van der Waals surface area contributed by atoms with E-state index in [4.69, 9.17) is 14.4 Å². The largest absolute Gasteiger partial charge is 0.464 e. The summed E-state index contributed by atoms with van der Waals surface area (Å²) in [5.74, 6) is 2.77. The summed E-state index contributed by atoms with van der Waals surface area (Å²) in [4.78, 5) is 12.1. The number of benzene rings is 2. The zero-order chi connectivity index (χ0) is 19.2. The van der Waals surface area contributed by atoms with Gasteiger partial charge < -0.3 is 19.8 Å². The maximum atomic E-state index is 12.1. The van der Waals surface area contributed by atoms with Crippen molar-refractivity contribution in [2.45, 2.75) is 19.9 Å². The molecule has 6 heteroatoms. The van der Waals surface area contributed by atoms with Gasteiger partial charge in [-0.25, -0.2) is 4.79 Å². The standard InChI is InChI=1S/C21H19N3O3/c1-14-3-12-20(26-14)15(2)23-21(25)24-17-6-10-19(11-7-17)27-18-8-4-16(13-22)5-9-18/h3-12,15H,1-2H3,(H2,23,24,25). The molecule has 136 valence electrons. The molecule has 6 nitrogen and oxygen atoms in total. The lowest BCUT2D eigenvalue weighted by atomic mass is 10.2. The van der Waals surface area contributed by atoms with E-state index in [1.54, 1.807) is 48.5 Å². The van der Waals surface area contributed by atoms with Crippen LogP contribution in [0.25, 0.3) is 0 Å². The fourth-order valence-corrected chi connectivity index (χ4v) is 2.46. The van der Waals surface area contributed by atoms with Crippen molar-refractivity contribution < 1.29 is 13.9 Å². The number of anilines is 1. The molecule has 3 aromatic rings. The molecule has 0 aliphatic rings. The molecule has 27 heavy (non-hydrogen) atoms. The molecule has 0 bridgehead atoms. The first-order valence-corrected chi connectivity index (χ1v) is 8.45. The van der Waals surface area contributed by atoms with E-state index in [-0.39, 0.29) is 12.1 Å². The van der Waals surface area contributed by atoms with E-state index in [1.807, 2.05) is 26.0 Å². The van der Waals surface area contributed by atoms with Crippen molar-refractivity contribution >= 4 is 11.7 Å². The van der Waals surface area contributed by atoms with Crippen LogP contribution in [0.15, 0.2) is 65.1 Å². The highest BCUT2D eigenvalue weighted by atomic mass is 16.5. The van der Waals surface area contributed by atoms with Crippen LogP contribution in [-0.4, -0.2) is 6.03 Å². The maximum Gasteiger partial charge on any atom is 0.319 e. The topological polar surface area (TPSA) is 87.3 Å². The monoisotopic (exact) mass is 361 g/mol. The SMILES string of the molecule is Cc1ccc(C(C)NC(=O)Nc2ccc(Oc3ccc(C#N)cc3)cc2)o1. The summed E-state index contributed by atoms with van der Waals surface area (Å²) in [6.45, 7) is 3.71. The number of carbonyl (C=O) groups is 1. The summed E-state index contributed by atoms with van der Waals surface area (Å²) in [6, 6.07) is 19.1. The number of nitrogens with zero attached hydrogens (tertiary/aromatic N) is 1. The Kier molecular flexibility index (Phi) is 5.43. The van der Waals surface area contributed by atoms with Gasteiger partial charge in [0, 0.05) is 5.69 Å². The average molecular weight is 361 g/mol. The lowest BCUT2D eigenvalue weighted by molar-refractivity contribution is 0.247. The number of aryl methyl sites for hydroxylation is 1. The van der Waals surface area contributed by atoms with E-state index < -0.39 is 0 Å². The number of nitrogens with one attached hydrogen (secondary N) is 2. The second-order valence-electron chi connectivity index (χ2n) is 6.03. The van der Waals surface area contributed by atoms with Gasteiger partial charge in [-0.15, -0.1) is 0 Å². The molecular weight excluding hydrogens is 342 g/mol. The summed E-state index contributed by atoms with van der Waals surface area (Å²) >= 11 is 0. The van der Waals surface area contributed by atoms with E-state index in [0.717, 1.165) is 5.76 Å². The molecule has 0 spiro atoms. The molecule has 2 N–H and O–H groups in total. The lowest BCUT2D eigenvalue weighted by Crippen LogP contribution is -2.30. The Balaban J connectivity index is 1.55. The first-order valence-electron chi connectivity index (χ1n) is 8.45. The highest BCUT2D eigenvalue weighted by Crippen LogP contribution is 2.23. The quantitative estimate of drug-likeness (QED) is 0.659. The van der Waals surface area contributed by atoms with E-state index in [0.29, 0.717) is 28.5 Å². The Morgan fingerprint density at radius 3 is 2.22 bits per heavy atom. The number of urea groups is 1. The van der Waals surface area contributed by atoms with Crippen LogP contribution in [0.5, 0.6) is 11.5 Å². The third-order valence-corrected chi connectivity index (χ3v) is 3.87. The maximum absolute atomic E-state index is 12.1. The van der Waals surface area contributed by atoms with Crippen LogP contribution in [0, 0.1) is 18.3 Å². The van der Waals surface area contributed by atoms with Crippen molar-refractivity contribution in [3.8, 4) is 17.6 Å². The van der Waals surface area contributed by atoms with Gasteiger partial charge in [-0.3, -0.25) is 0 Å². The van der Waals surface area contributed by atoms with E-state index >= 15 is 0 Å². The molecular formula is C21H19N3O3. The smallest absolute Gasteiger partial charge is 0.319 e. The van der Waals surface area contributed by atoms with Crippen LogP contribution in [-0.2, 0) is 0 Å². The fourth-order valence-electron chi connectivity index (χ4n) is 2.46. The molecule has 2 amide bonds. The normalized spacial score (nSPS) is 11.3.